The fourth-order valence-electron chi connectivity index (χ4n) is 1.37. The molecule has 1 heterocycles. The molecule has 0 saturated heterocycles. The Labute approximate surface area is 113 Å². The number of hydrogen-bond donors (Lipinski definition) is 1. The van der Waals surface area contributed by atoms with Gasteiger partial charge in [0.05, 0.1) is 11.0 Å². The molecule has 18 heavy (non-hydrogen) atoms. The van der Waals surface area contributed by atoms with Crippen molar-refractivity contribution in [2.75, 3.05) is 0 Å². The molecule has 0 bridgehead atoms. The van der Waals surface area contributed by atoms with E-state index < -0.39 is 26.3 Å². The van der Waals surface area contributed by atoms with Crippen molar-refractivity contribution in [1.82, 2.24) is 9.97 Å². The Morgan fingerprint density at radius 3 is 2.67 bits per heavy atom. The van der Waals surface area contributed by atoms with Crippen LogP contribution in [0.2, 0.25) is 0 Å². The highest BCUT2D eigenvalue weighted by molar-refractivity contribution is 9.10. The lowest BCUT2D eigenvalue weighted by Crippen LogP contribution is -2.05. The highest BCUT2D eigenvalue weighted by Gasteiger charge is 2.21. The molecule has 0 amide bonds. The standard InChI is InChI=1S/C8H4BrClF2N2O3S/c9-7-13-3-1-5(17-8(11)12)6(18(10,15)16)2-4(3)14-7/h1-2,8H,(H,13,14). The van der Waals surface area contributed by atoms with Gasteiger partial charge in [0, 0.05) is 16.7 Å². The number of hydrogen-bond acceptors (Lipinski definition) is 4. The number of alkyl halides is 2. The molecule has 2 aromatic rings. The van der Waals surface area contributed by atoms with Crippen LogP contribution in [0.1, 0.15) is 0 Å². The summed E-state index contributed by atoms with van der Waals surface area (Å²) in [6.07, 6.45) is 0. The summed E-state index contributed by atoms with van der Waals surface area (Å²) >= 11 is 3.04. The smallest absolute Gasteiger partial charge is 0.387 e. The molecule has 0 aliphatic carbocycles. The third-order valence-electron chi connectivity index (χ3n) is 2.00. The number of rotatable bonds is 3. The molecule has 0 aliphatic rings. The van der Waals surface area contributed by atoms with Gasteiger partial charge in [0.25, 0.3) is 9.05 Å². The second-order valence-electron chi connectivity index (χ2n) is 3.16. The van der Waals surface area contributed by atoms with E-state index >= 15 is 0 Å². The van der Waals surface area contributed by atoms with E-state index in [1.165, 1.54) is 0 Å². The van der Waals surface area contributed by atoms with Crippen LogP contribution in [0, 0.1) is 0 Å². The molecular weight excluding hydrogens is 358 g/mol. The summed E-state index contributed by atoms with van der Waals surface area (Å²) in [6.45, 7) is -3.16. The average Bonchev–Trinajstić information content (AvgIpc) is 2.53. The van der Waals surface area contributed by atoms with Gasteiger partial charge in [-0.3, -0.25) is 0 Å². The number of benzene rings is 1. The van der Waals surface area contributed by atoms with Crippen LogP contribution < -0.4 is 4.74 Å². The first-order valence-corrected chi connectivity index (χ1v) is 7.46. The van der Waals surface area contributed by atoms with Crippen LogP contribution in [0.3, 0.4) is 0 Å². The molecule has 0 atom stereocenters. The minimum Gasteiger partial charge on any atom is -0.433 e. The fourth-order valence-corrected chi connectivity index (χ4v) is 2.74. The average molecular weight is 362 g/mol. The molecule has 0 fully saturated rings. The van der Waals surface area contributed by atoms with Gasteiger partial charge in [-0.2, -0.15) is 8.78 Å². The SMILES string of the molecule is O=S(=O)(Cl)c1cc2[nH]c(Br)nc2cc1OC(F)F. The van der Waals surface area contributed by atoms with E-state index in [2.05, 4.69) is 30.6 Å². The van der Waals surface area contributed by atoms with E-state index in [0.717, 1.165) is 12.1 Å². The number of ether oxygens (including phenoxy) is 1. The van der Waals surface area contributed by atoms with Gasteiger partial charge in [-0.1, -0.05) is 0 Å². The molecule has 0 radical (unpaired) electrons. The van der Waals surface area contributed by atoms with Crippen molar-refractivity contribution in [2.24, 2.45) is 0 Å². The minimum absolute atomic E-state index is 0.265. The van der Waals surface area contributed by atoms with Crippen LogP contribution in [0.5, 0.6) is 5.75 Å². The van der Waals surface area contributed by atoms with Crippen molar-refractivity contribution in [3.05, 3.63) is 16.9 Å². The summed E-state index contributed by atoms with van der Waals surface area (Å²) in [4.78, 5) is 6.05. The van der Waals surface area contributed by atoms with E-state index in [0.29, 0.717) is 10.3 Å². The molecule has 5 nitrogen and oxygen atoms in total. The molecular formula is C8H4BrClF2N2O3S. The number of fused-ring (bicyclic) bond motifs is 1. The third-order valence-corrected chi connectivity index (χ3v) is 3.72. The number of aromatic amines is 1. The predicted molar refractivity (Wildman–Crippen MR) is 63.5 cm³/mol. The number of nitrogens with zero attached hydrogens (tertiary/aromatic N) is 1. The van der Waals surface area contributed by atoms with Crippen molar-refractivity contribution >= 4 is 46.7 Å². The van der Waals surface area contributed by atoms with Crippen molar-refractivity contribution in [3.63, 3.8) is 0 Å². The van der Waals surface area contributed by atoms with Gasteiger partial charge in [-0.25, -0.2) is 13.4 Å². The maximum absolute atomic E-state index is 12.2. The highest BCUT2D eigenvalue weighted by atomic mass is 79.9. The Morgan fingerprint density at radius 1 is 1.44 bits per heavy atom. The summed E-state index contributed by atoms with van der Waals surface area (Å²) in [6, 6.07) is 2.14. The molecule has 10 heteroatoms. The number of halogens is 4. The Bertz CT molecular complexity index is 704. The van der Waals surface area contributed by atoms with Crippen LogP contribution in [-0.2, 0) is 9.05 Å². The first-order chi connectivity index (χ1) is 8.27. The maximum Gasteiger partial charge on any atom is 0.387 e. The molecule has 0 saturated carbocycles. The highest BCUT2D eigenvalue weighted by Crippen LogP contribution is 2.32. The Morgan fingerprint density at radius 2 is 2.11 bits per heavy atom. The van der Waals surface area contributed by atoms with Gasteiger partial charge in [-0.05, 0) is 22.0 Å². The number of nitrogens with one attached hydrogen (secondary N) is 1. The molecule has 1 N–H and O–H groups in total. The molecule has 98 valence electrons. The van der Waals surface area contributed by atoms with Gasteiger partial charge in [0.15, 0.2) is 4.73 Å². The summed E-state index contributed by atoms with van der Waals surface area (Å²) in [5.74, 6) is -0.550. The van der Waals surface area contributed by atoms with E-state index in [4.69, 9.17) is 10.7 Å². The second-order valence-corrected chi connectivity index (χ2v) is 6.45. The quantitative estimate of drug-likeness (QED) is 0.853. The Hall–Kier alpha value is -0.930. The van der Waals surface area contributed by atoms with Crippen LogP contribution in [0.15, 0.2) is 21.8 Å². The molecule has 0 aliphatic heterocycles. The van der Waals surface area contributed by atoms with Gasteiger partial charge >= 0.3 is 6.61 Å². The lowest BCUT2D eigenvalue weighted by Gasteiger charge is -2.08. The van der Waals surface area contributed by atoms with Gasteiger partial charge in [0.1, 0.15) is 10.6 Å². The van der Waals surface area contributed by atoms with Crippen molar-refractivity contribution in [3.8, 4) is 5.75 Å². The maximum atomic E-state index is 12.2. The summed E-state index contributed by atoms with van der Waals surface area (Å²) < 4.78 is 51.4. The van der Waals surface area contributed by atoms with Crippen LogP contribution in [0.4, 0.5) is 8.78 Å². The van der Waals surface area contributed by atoms with E-state index in [9.17, 15) is 17.2 Å². The topological polar surface area (TPSA) is 72.0 Å². The van der Waals surface area contributed by atoms with E-state index in [1.807, 2.05) is 0 Å². The normalized spacial score (nSPS) is 12.3. The Kier molecular flexibility index (Phi) is 3.47. The van der Waals surface area contributed by atoms with Crippen molar-refractivity contribution in [1.29, 1.82) is 0 Å². The molecule has 1 aromatic heterocycles. The summed E-state index contributed by atoms with van der Waals surface area (Å²) in [7, 11) is 0.945. The monoisotopic (exact) mass is 360 g/mol. The van der Waals surface area contributed by atoms with Crippen molar-refractivity contribution < 1.29 is 21.9 Å². The Balaban J connectivity index is 2.71. The fraction of sp³-hybridized carbons (Fsp3) is 0.125. The third kappa shape index (κ3) is 2.73. The van der Waals surface area contributed by atoms with Crippen molar-refractivity contribution in [2.45, 2.75) is 11.5 Å². The molecule has 2 rings (SSSR count). The molecule has 0 spiro atoms. The van der Waals surface area contributed by atoms with Crippen LogP contribution >= 0.6 is 26.6 Å². The molecule has 1 aromatic carbocycles. The van der Waals surface area contributed by atoms with E-state index in [-0.39, 0.29) is 5.52 Å². The number of aromatic nitrogens is 2. The second kappa shape index (κ2) is 4.63. The van der Waals surface area contributed by atoms with Gasteiger partial charge in [0.2, 0.25) is 0 Å². The largest absolute Gasteiger partial charge is 0.433 e. The van der Waals surface area contributed by atoms with Crippen LogP contribution in [-0.4, -0.2) is 25.0 Å². The zero-order chi connectivity index (χ0) is 13.5. The lowest BCUT2D eigenvalue weighted by atomic mass is 10.3. The molecule has 0 unspecified atom stereocenters. The zero-order valence-corrected chi connectivity index (χ0v) is 11.5. The first kappa shape index (κ1) is 13.5. The summed E-state index contributed by atoms with van der Waals surface area (Å²) in [5, 5.41) is 0. The minimum atomic E-state index is -4.21. The van der Waals surface area contributed by atoms with Gasteiger partial charge < -0.3 is 9.72 Å². The van der Waals surface area contributed by atoms with Crippen LogP contribution in [0.25, 0.3) is 11.0 Å². The zero-order valence-electron chi connectivity index (χ0n) is 8.32. The lowest BCUT2D eigenvalue weighted by molar-refractivity contribution is -0.0516. The first-order valence-electron chi connectivity index (χ1n) is 4.36. The summed E-state index contributed by atoms with van der Waals surface area (Å²) in [5.41, 5.74) is 0.587. The van der Waals surface area contributed by atoms with E-state index in [1.54, 1.807) is 0 Å². The van der Waals surface area contributed by atoms with Gasteiger partial charge in [-0.15, -0.1) is 0 Å². The number of H-pyrrole nitrogens is 1. The number of imidazole rings is 1. The predicted octanol–water partition coefficient (Wildman–Crippen LogP) is 2.85.